The molecule has 2 rings (SSSR count). The third-order valence-corrected chi connectivity index (χ3v) is 4.39. The zero-order valence-corrected chi connectivity index (χ0v) is 12.7. The van der Waals surface area contributed by atoms with Crippen molar-refractivity contribution in [2.75, 3.05) is 7.11 Å². The molecular weight excluding hydrogens is 292 g/mol. The molecule has 0 atom stereocenters. The molecule has 0 saturated heterocycles. The van der Waals surface area contributed by atoms with Crippen molar-refractivity contribution in [3.05, 3.63) is 41.7 Å². The van der Waals surface area contributed by atoms with Crippen molar-refractivity contribution in [3.63, 3.8) is 0 Å². The molecule has 0 fully saturated rings. The normalized spacial score (nSPS) is 11.6. The summed E-state index contributed by atoms with van der Waals surface area (Å²) < 4.78 is 33.8. The predicted octanol–water partition coefficient (Wildman–Crippen LogP) is 0.366. The van der Waals surface area contributed by atoms with Crippen LogP contribution < -0.4 is 15.2 Å². The van der Waals surface area contributed by atoms with Crippen LogP contribution in [0.25, 0.3) is 0 Å². The average Bonchev–Trinajstić information content (AvgIpc) is 2.90. The summed E-state index contributed by atoms with van der Waals surface area (Å²) in [6, 6.07) is 6.34. The monoisotopic (exact) mass is 310 g/mol. The fourth-order valence-corrected chi connectivity index (χ4v) is 2.94. The number of hydrogen-bond donors (Lipinski definition) is 2. The van der Waals surface area contributed by atoms with Gasteiger partial charge in [0.05, 0.1) is 24.2 Å². The smallest absolute Gasteiger partial charge is 0.240 e. The van der Waals surface area contributed by atoms with Crippen LogP contribution in [0.5, 0.6) is 5.75 Å². The number of aromatic nitrogens is 2. The second-order valence-corrected chi connectivity index (χ2v) is 6.25. The third-order valence-electron chi connectivity index (χ3n) is 2.99. The van der Waals surface area contributed by atoms with Crippen LogP contribution in [0.2, 0.25) is 0 Å². The molecule has 0 bridgehead atoms. The van der Waals surface area contributed by atoms with E-state index in [1.165, 1.54) is 19.2 Å². The molecule has 3 N–H and O–H groups in total. The largest absolute Gasteiger partial charge is 0.496 e. The first-order valence-corrected chi connectivity index (χ1v) is 7.80. The van der Waals surface area contributed by atoms with Crippen LogP contribution >= 0.6 is 0 Å². The molecule has 0 aliphatic heterocycles. The van der Waals surface area contributed by atoms with Crippen molar-refractivity contribution in [2.45, 2.75) is 18.0 Å². The fourth-order valence-electron chi connectivity index (χ4n) is 1.89. The molecule has 0 radical (unpaired) electrons. The van der Waals surface area contributed by atoms with E-state index in [-0.39, 0.29) is 18.0 Å². The summed E-state index contributed by atoms with van der Waals surface area (Å²) in [7, 11) is -0.328. The first-order valence-electron chi connectivity index (χ1n) is 6.31. The Kier molecular flexibility index (Phi) is 4.61. The number of ether oxygens (including phenoxy) is 1. The van der Waals surface area contributed by atoms with Gasteiger partial charge in [-0.2, -0.15) is 5.10 Å². The fraction of sp³-hybridized carbons (Fsp3) is 0.308. The maximum absolute atomic E-state index is 12.3. The summed E-state index contributed by atoms with van der Waals surface area (Å²) in [5, 5.41) is 4.12. The van der Waals surface area contributed by atoms with E-state index in [4.69, 9.17) is 10.5 Å². The van der Waals surface area contributed by atoms with Gasteiger partial charge in [-0.25, -0.2) is 13.1 Å². The molecule has 8 heteroatoms. The number of nitrogens with two attached hydrogens (primary N) is 1. The molecule has 0 unspecified atom stereocenters. The number of hydrogen-bond acceptors (Lipinski definition) is 5. The van der Waals surface area contributed by atoms with Gasteiger partial charge in [-0.3, -0.25) is 4.68 Å². The van der Waals surface area contributed by atoms with Crippen LogP contribution in [-0.4, -0.2) is 25.3 Å². The minimum atomic E-state index is -3.62. The molecular formula is C13H18N4O3S. The molecule has 2 aromatic rings. The van der Waals surface area contributed by atoms with Crippen molar-refractivity contribution in [2.24, 2.45) is 12.8 Å². The van der Waals surface area contributed by atoms with Gasteiger partial charge in [0, 0.05) is 25.4 Å². The van der Waals surface area contributed by atoms with E-state index in [1.807, 2.05) is 0 Å². The van der Waals surface area contributed by atoms with Gasteiger partial charge in [0.2, 0.25) is 10.0 Å². The van der Waals surface area contributed by atoms with Crippen molar-refractivity contribution in [1.82, 2.24) is 14.5 Å². The number of sulfonamides is 1. The van der Waals surface area contributed by atoms with Gasteiger partial charge in [0.15, 0.2) is 0 Å². The highest BCUT2D eigenvalue weighted by molar-refractivity contribution is 7.89. The topological polar surface area (TPSA) is 99.2 Å². The highest BCUT2D eigenvalue weighted by Gasteiger charge is 2.16. The first kappa shape index (κ1) is 15.5. The average molecular weight is 310 g/mol. The quantitative estimate of drug-likeness (QED) is 0.803. The highest BCUT2D eigenvalue weighted by Crippen LogP contribution is 2.22. The lowest BCUT2D eigenvalue weighted by molar-refractivity contribution is 0.409. The van der Waals surface area contributed by atoms with Crippen LogP contribution in [0.1, 0.15) is 11.3 Å². The van der Waals surface area contributed by atoms with Gasteiger partial charge in [-0.15, -0.1) is 0 Å². The molecule has 114 valence electrons. The van der Waals surface area contributed by atoms with Gasteiger partial charge < -0.3 is 10.5 Å². The first-order chi connectivity index (χ1) is 9.96. The zero-order chi connectivity index (χ0) is 15.5. The maximum Gasteiger partial charge on any atom is 0.240 e. The summed E-state index contributed by atoms with van der Waals surface area (Å²) in [6.07, 6.45) is 1.75. The van der Waals surface area contributed by atoms with Crippen molar-refractivity contribution >= 4 is 10.0 Å². The van der Waals surface area contributed by atoms with E-state index in [0.29, 0.717) is 17.0 Å². The molecule has 1 heterocycles. The molecule has 0 aliphatic carbocycles. The molecule has 0 spiro atoms. The summed E-state index contributed by atoms with van der Waals surface area (Å²) in [6.45, 7) is 0.333. The molecule has 21 heavy (non-hydrogen) atoms. The van der Waals surface area contributed by atoms with E-state index >= 15 is 0 Å². The molecule has 0 saturated carbocycles. The van der Waals surface area contributed by atoms with Crippen LogP contribution in [0, 0.1) is 0 Å². The summed E-state index contributed by atoms with van der Waals surface area (Å²) in [4.78, 5) is 0.152. The molecule has 1 aromatic carbocycles. The summed E-state index contributed by atoms with van der Waals surface area (Å²) in [5.41, 5.74) is 6.88. The second kappa shape index (κ2) is 6.25. The van der Waals surface area contributed by atoms with E-state index in [9.17, 15) is 8.42 Å². The number of rotatable bonds is 6. The number of methoxy groups -OCH3 is 1. The van der Waals surface area contributed by atoms with Crippen molar-refractivity contribution in [1.29, 1.82) is 0 Å². The lowest BCUT2D eigenvalue weighted by Crippen LogP contribution is -2.23. The van der Waals surface area contributed by atoms with E-state index in [2.05, 4.69) is 9.82 Å². The Labute approximate surface area is 123 Å². The summed E-state index contributed by atoms with van der Waals surface area (Å²) >= 11 is 0. The highest BCUT2D eigenvalue weighted by atomic mass is 32.2. The van der Waals surface area contributed by atoms with Crippen LogP contribution in [-0.2, 0) is 30.2 Å². The SMILES string of the molecule is COc1ccc(S(=O)(=O)NCc2ccn(C)n2)cc1CN. The number of benzene rings is 1. The molecule has 1 aromatic heterocycles. The predicted molar refractivity (Wildman–Crippen MR) is 78.1 cm³/mol. The van der Waals surface area contributed by atoms with Gasteiger partial charge in [0.1, 0.15) is 5.75 Å². The Bertz CT molecular complexity index is 725. The summed E-state index contributed by atoms with van der Waals surface area (Å²) in [5.74, 6) is 0.571. The number of nitrogens with zero attached hydrogens (tertiary/aromatic N) is 2. The molecule has 7 nitrogen and oxygen atoms in total. The van der Waals surface area contributed by atoms with Crippen LogP contribution in [0.15, 0.2) is 35.4 Å². The van der Waals surface area contributed by atoms with Crippen molar-refractivity contribution in [3.8, 4) is 5.75 Å². The second-order valence-electron chi connectivity index (χ2n) is 4.48. The Morgan fingerprint density at radius 3 is 2.71 bits per heavy atom. The van der Waals surface area contributed by atoms with Crippen molar-refractivity contribution < 1.29 is 13.2 Å². The van der Waals surface area contributed by atoms with Gasteiger partial charge in [-0.05, 0) is 24.3 Å². The minimum Gasteiger partial charge on any atom is -0.496 e. The standard InChI is InChI=1S/C13H18N4O3S/c1-17-6-5-11(16-17)9-15-21(18,19)12-3-4-13(20-2)10(7-12)8-14/h3-7,15H,8-9,14H2,1-2H3. The van der Waals surface area contributed by atoms with E-state index in [1.54, 1.807) is 30.1 Å². The Morgan fingerprint density at radius 1 is 1.38 bits per heavy atom. The Hall–Kier alpha value is -1.90. The Morgan fingerprint density at radius 2 is 2.14 bits per heavy atom. The maximum atomic E-state index is 12.3. The number of nitrogens with one attached hydrogen (secondary N) is 1. The number of aryl methyl sites for hydroxylation is 1. The minimum absolute atomic E-state index is 0.132. The van der Waals surface area contributed by atoms with Gasteiger partial charge >= 0.3 is 0 Å². The van der Waals surface area contributed by atoms with E-state index in [0.717, 1.165) is 0 Å². The molecule has 0 aliphatic rings. The van der Waals surface area contributed by atoms with E-state index < -0.39 is 10.0 Å². The van der Waals surface area contributed by atoms with Crippen LogP contribution in [0.3, 0.4) is 0 Å². The lowest BCUT2D eigenvalue weighted by Gasteiger charge is -2.10. The van der Waals surface area contributed by atoms with Gasteiger partial charge in [0.25, 0.3) is 0 Å². The Balaban J connectivity index is 2.19. The lowest BCUT2D eigenvalue weighted by atomic mass is 10.2. The van der Waals surface area contributed by atoms with Gasteiger partial charge in [-0.1, -0.05) is 0 Å². The third kappa shape index (κ3) is 3.60. The zero-order valence-electron chi connectivity index (χ0n) is 11.9. The van der Waals surface area contributed by atoms with Crippen LogP contribution in [0.4, 0.5) is 0 Å². The molecule has 0 amide bonds.